The molecule has 1 atom stereocenters. The summed E-state index contributed by atoms with van der Waals surface area (Å²) in [6, 6.07) is 0. The van der Waals surface area contributed by atoms with Gasteiger partial charge in [0.25, 0.3) is 0 Å². The average molecular weight is 180 g/mol. The Morgan fingerprint density at radius 3 is 2.62 bits per heavy atom. The lowest BCUT2D eigenvalue weighted by Crippen LogP contribution is -2.11. The molecule has 72 valence electrons. The third-order valence-corrected chi connectivity index (χ3v) is 2.68. The Labute approximate surface area is 79.8 Å². The van der Waals surface area contributed by atoms with E-state index in [1.54, 1.807) is 12.2 Å². The summed E-state index contributed by atoms with van der Waals surface area (Å²) in [7, 11) is 0. The van der Waals surface area contributed by atoms with Crippen LogP contribution in [0.25, 0.3) is 0 Å². The molecule has 1 aliphatic carbocycles. The van der Waals surface area contributed by atoms with Gasteiger partial charge in [0.15, 0.2) is 0 Å². The van der Waals surface area contributed by atoms with Gasteiger partial charge in [0.2, 0.25) is 0 Å². The lowest BCUT2D eigenvalue weighted by Gasteiger charge is -2.23. The predicted molar refractivity (Wildman–Crippen MR) is 55.0 cm³/mol. The van der Waals surface area contributed by atoms with Crippen LogP contribution in [0.2, 0.25) is 0 Å². The number of hydrogen-bond donors (Lipinski definition) is 0. The van der Waals surface area contributed by atoms with Crippen molar-refractivity contribution in [3.05, 3.63) is 35.7 Å². The molecule has 0 aromatic carbocycles. The zero-order valence-corrected chi connectivity index (χ0v) is 8.60. The normalized spacial score (nSPS) is 23.5. The summed E-state index contributed by atoms with van der Waals surface area (Å²) in [5.41, 5.74) is 1.81. The van der Waals surface area contributed by atoms with Crippen LogP contribution in [-0.4, -0.2) is 0 Å². The smallest absolute Gasteiger partial charge is 0.126 e. The summed E-state index contributed by atoms with van der Waals surface area (Å²) in [6.45, 7) is 9.85. The molecule has 0 spiro atoms. The fourth-order valence-electron chi connectivity index (χ4n) is 1.70. The van der Waals surface area contributed by atoms with Crippen molar-refractivity contribution in [3.8, 4) is 0 Å². The highest BCUT2D eigenvalue weighted by Crippen LogP contribution is 2.33. The van der Waals surface area contributed by atoms with Gasteiger partial charge >= 0.3 is 0 Å². The maximum Gasteiger partial charge on any atom is 0.126 e. The maximum absolute atomic E-state index is 13.4. The van der Waals surface area contributed by atoms with E-state index in [1.165, 1.54) is 0 Å². The van der Waals surface area contributed by atoms with Crippen LogP contribution in [0.4, 0.5) is 4.39 Å². The van der Waals surface area contributed by atoms with E-state index in [0.29, 0.717) is 17.4 Å². The van der Waals surface area contributed by atoms with Gasteiger partial charge in [-0.1, -0.05) is 32.1 Å². The Hall–Kier alpha value is -0.850. The van der Waals surface area contributed by atoms with Crippen molar-refractivity contribution in [1.29, 1.82) is 0 Å². The molecule has 1 aliphatic rings. The third kappa shape index (κ3) is 2.09. The minimum Gasteiger partial charge on any atom is -0.207 e. The first-order valence-corrected chi connectivity index (χ1v) is 4.76. The van der Waals surface area contributed by atoms with Crippen molar-refractivity contribution in [2.45, 2.75) is 27.2 Å². The van der Waals surface area contributed by atoms with E-state index in [4.69, 9.17) is 0 Å². The Kier molecular flexibility index (Phi) is 3.07. The Morgan fingerprint density at radius 1 is 1.62 bits per heavy atom. The SMILES string of the molecule is C=CC1=C(C)CC(C(C)C)C=C1F. The van der Waals surface area contributed by atoms with Gasteiger partial charge in [0, 0.05) is 5.57 Å². The van der Waals surface area contributed by atoms with Crippen molar-refractivity contribution in [1.82, 2.24) is 0 Å². The molecule has 1 heteroatoms. The van der Waals surface area contributed by atoms with Gasteiger partial charge in [0.1, 0.15) is 5.83 Å². The second-order valence-corrected chi connectivity index (χ2v) is 4.02. The summed E-state index contributed by atoms with van der Waals surface area (Å²) < 4.78 is 13.4. The van der Waals surface area contributed by atoms with E-state index in [0.717, 1.165) is 12.0 Å². The monoisotopic (exact) mass is 180 g/mol. The molecule has 0 aromatic heterocycles. The fourth-order valence-corrected chi connectivity index (χ4v) is 1.70. The van der Waals surface area contributed by atoms with Crippen LogP contribution in [0, 0.1) is 11.8 Å². The summed E-state index contributed by atoms with van der Waals surface area (Å²) in [5, 5.41) is 0. The van der Waals surface area contributed by atoms with Gasteiger partial charge in [-0.2, -0.15) is 0 Å². The molecule has 0 amide bonds. The molecule has 0 bridgehead atoms. The molecule has 1 unspecified atom stereocenters. The molecule has 0 heterocycles. The largest absolute Gasteiger partial charge is 0.207 e. The minimum absolute atomic E-state index is 0.0996. The zero-order valence-electron chi connectivity index (χ0n) is 8.60. The topological polar surface area (TPSA) is 0 Å². The molecule has 0 fully saturated rings. The van der Waals surface area contributed by atoms with Crippen molar-refractivity contribution in [2.75, 3.05) is 0 Å². The highest BCUT2D eigenvalue weighted by Gasteiger charge is 2.20. The number of rotatable bonds is 2. The number of hydrogen-bond acceptors (Lipinski definition) is 0. The molecule has 13 heavy (non-hydrogen) atoms. The lowest BCUT2D eigenvalue weighted by molar-refractivity contribution is 0.440. The van der Waals surface area contributed by atoms with Crippen LogP contribution < -0.4 is 0 Å². The molecule has 0 N–H and O–H groups in total. The van der Waals surface area contributed by atoms with Gasteiger partial charge in [-0.05, 0) is 31.3 Å². The van der Waals surface area contributed by atoms with E-state index in [1.807, 2.05) is 6.92 Å². The second kappa shape index (κ2) is 3.91. The Bertz CT molecular complexity index is 269. The Balaban J connectivity index is 2.92. The quantitative estimate of drug-likeness (QED) is 0.602. The standard InChI is InChI=1S/C12H17F/c1-5-11-9(4)6-10(8(2)3)7-12(11)13/h5,7-8,10H,1,6H2,2-4H3. The molecule has 0 nitrogen and oxygen atoms in total. The molecule has 0 saturated heterocycles. The van der Waals surface area contributed by atoms with Crippen molar-refractivity contribution in [2.24, 2.45) is 11.8 Å². The van der Waals surface area contributed by atoms with Crippen molar-refractivity contribution < 1.29 is 4.39 Å². The minimum atomic E-state index is -0.0996. The van der Waals surface area contributed by atoms with Crippen LogP contribution in [0.5, 0.6) is 0 Å². The summed E-state index contributed by atoms with van der Waals surface area (Å²) in [5.74, 6) is 0.758. The lowest BCUT2D eigenvalue weighted by atomic mass is 9.83. The predicted octanol–water partition coefficient (Wildman–Crippen LogP) is 4.02. The van der Waals surface area contributed by atoms with Gasteiger partial charge in [-0.15, -0.1) is 0 Å². The summed E-state index contributed by atoms with van der Waals surface area (Å²) in [4.78, 5) is 0. The van der Waals surface area contributed by atoms with Crippen LogP contribution in [-0.2, 0) is 0 Å². The van der Waals surface area contributed by atoms with Crippen LogP contribution in [0.1, 0.15) is 27.2 Å². The van der Waals surface area contributed by atoms with Crippen molar-refractivity contribution in [3.63, 3.8) is 0 Å². The molecule has 1 rings (SSSR count). The number of allylic oxidation sites excluding steroid dienone is 5. The first-order valence-electron chi connectivity index (χ1n) is 4.76. The Morgan fingerprint density at radius 2 is 2.23 bits per heavy atom. The molecule has 0 aliphatic heterocycles. The van der Waals surface area contributed by atoms with E-state index < -0.39 is 0 Å². The van der Waals surface area contributed by atoms with E-state index >= 15 is 0 Å². The highest BCUT2D eigenvalue weighted by molar-refractivity contribution is 5.41. The van der Waals surface area contributed by atoms with Gasteiger partial charge in [-0.3, -0.25) is 0 Å². The van der Waals surface area contributed by atoms with E-state index in [9.17, 15) is 4.39 Å². The molecular formula is C12H17F. The molecule has 0 radical (unpaired) electrons. The second-order valence-electron chi connectivity index (χ2n) is 4.02. The average Bonchev–Trinajstić information content (AvgIpc) is 2.03. The fraction of sp³-hybridized carbons (Fsp3) is 0.500. The maximum atomic E-state index is 13.4. The van der Waals surface area contributed by atoms with Crippen molar-refractivity contribution >= 4 is 0 Å². The van der Waals surface area contributed by atoms with E-state index in [2.05, 4.69) is 20.4 Å². The first-order chi connectivity index (χ1) is 6.06. The highest BCUT2D eigenvalue weighted by atomic mass is 19.1. The molecular weight excluding hydrogens is 163 g/mol. The molecule has 0 saturated carbocycles. The number of halogens is 1. The van der Waals surface area contributed by atoms with Crippen LogP contribution in [0.15, 0.2) is 35.7 Å². The van der Waals surface area contributed by atoms with Gasteiger partial charge in [0.05, 0.1) is 0 Å². The molecule has 0 aromatic rings. The van der Waals surface area contributed by atoms with Crippen LogP contribution >= 0.6 is 0 Å². The summed E-state index contributed by atoms with van der Waals surface area (Å²) >= 11 is 0. The zero-order chi connectivity index (χ0) is 10.0. The third-order valence-electron chi connectivity index (χ3n) is 2.68. The van der Waals surface area contributed by atoms with Crippen LogP contribution in [0.3, 0.4) is 0 Å². The summed E-state index contributed by atoms with van der Waals surface area (Å²) in [6.07, 6.45) is 4.30. The first kappa shape index (κ1) is 10.2. The van der Waals surface area contributed by atoms with Gasteiger partial charge < -0.3 is 0 Å². The van der Waals surface area contributed by atoms with E-state index in [-0.39, 0.29) is 5.83 Å². The van der Waals surface area contributed by atoms with Gasteiger partial charge in [-0.25, -0.2) is 4.39 Å².